The largest absolute Gasteiger partial charge is 0.497 e. The van der Waals surface area contributed by atoms with Gasteiger partial charge in [0, 0.05) is 12.1 Å². The average Bonchev–Trinajstić information content (AvgIpc) is 3.23. The summed E-state index contributed by atoms with van der Waals surface area (Å²) in [5, 5.41) is 8.80. The Bertz CT molecular complexity index is 1430. The minimum absolute atomic E-state index is 0.0365. The van der Waals surface area contributed by atoms with Crippen molar-refractivity contribution in [1.82, 2.24) is 19.6 Å². The minimum Gasteiger partial charge on any atom is -0.497 e. The van der Waals surface area contributed by atoms with Crippen LogP contribution in [0.1, 0.15) is 19.9 Å². The molecule has 10 heteroatoms. The number of hydrogen-bond acceptors (Lipinski definition) is 7. The molecule has 4 rings (SSSR count). The molecule has 0 fully saturated rings. The lowest BCUT2D eigenvalue weighted by Crippen LogP contribution is -2.24. The van der Waals surface area contributed by atoms with Crippen LogP contribution in [0.25, 0.3) is 17.1 Å². The molecule has 170 valence electrons. The molecule has 0 aliphatic rings. The van der Waals surface area contributed by atoms with E-state index in [1.807, 2.05) is 44.2 Å². The summed E-state index contributed by atoms with van der Waals surface area (Å²) in [5.41, 5.74) is 1.35. The van der Waals surface area contributed by atoms with Crippen molar-refractivity contribution in [1.29, 1.82) is 0 Å². The SMILES string of the molecule is COc1ccc(S(=O)(=O)Oc2cc(-c3ccc(=O)n(C(C)C)n3)n(-c3ccccc3)n2)cc1. The molecule has 0 saturated heterocycles. The number of nitrogens with zero attached hydrogens (tertiary/aromatic N) is 4. The second kappa shape index (κ2) is 8.91. The van der Waals surface area contributed by atoms with Crippen LogP contribution < -0.4 is 14.5 Å². The van der Waals surface area contributed by atoms with Crippen LogP contribution in [0.15, 0.2) is 82.5 Å². The molecule has 0 aliphatic heterocycles. The summed E-state index contributed by atoms with van der Waals surface area (Å²) >= 11 is 0. The molecule has 9 nitrogen and oxygen atoms in total. The van der Waals surface area contributed by atoms with Crippen LogP contribution >= 0.6 is 0 Å². The number of para-hydroxylation sites is 1. The molecule has 0 radical (unpaired) electrons. The second-order valence-corrected chi connectivity index (χ2v) is 8.97. The molecular formula is C23H22N4O5S. The zero-order valence-corrected chi connectivity index (χ0v) is 19.1. The van der Waals surface area contributed by atoms with Crippen molar-refractivity contribution in [3.05, 3.63) is 83.2 Å². The third-order valence-electron chi connectivity index (χ3n) is 4.81. The highest BCUT2D eigenvalue weighted by atomic mass is 32.2. The third kappa shape index (κ3) is 4.65. The summed E-state index contributed by atoms with van der Waals surface area (Å²) in [6, 6.07) is 19.3. The summed E-state index contributed by atoms with van der Waals surface area (Å²) in [5.74, 6) is 0.393. The first-order valence-corrected chi connectivity index (χ1v) is 11.5. The van der Waals surface area contributed by atoms with Gasteiger partial charge in [0.05, 0.1) is 24.5 Å². The van der Waals surface area contributed by atoms with E-state index in [0.29, 0.717) is 22.8 Å². The number of rotatable bonds is 7. The highest BCUT2D eigenvalue weighted by molar-refractivity contribution is 7.87. The molecule has 0 atom stereocenters. The number of aromatic nitrogens is 4. The zero-order chi connectivity index (χ0) is 23.6. The van der Waals surface area contributed by atoms with Gasteiger partial charge < -0.3 is 8.92 Å². The molecule has 2 aromatic carbocycles. The van der Waals surface area contributed by atoms with Gasteiger partial charge in [-0.1, -0.05) is 18.2 Å². The first-order valence-electron chi connectivity index (χ1n) is 10.1. The van der Waals surface area contributed by atoms with Gasteiger partial charge >= 0.3 is 10.1 Å². The lowest BCUT2D eigenvalue weighted by atomic mass is 10.2. The molecule has 0 aliphatic carbocycles. The normalized spacial score (nSPS) is 11.5. The Labute approximate surface area is 191 Å². The van der Waals surface area contributed by atoms with Crippen LogP contribution in [-0.4, -0.2) is 35.1 Å². The van der Waals surface area contributed by atoms with E-state index in [9.17, 15) is 13.2 Å². The fourth-order valence-corrected chi connectivity index (χ4v) is 4.06. The molecule has 2 aromatic heterocycles. The smallest absolute Gasteiger partial charge is 0.340 e. The minimum atomic E-state index is -4.14. The van der Waals surface area contributed by atoms with Crippen molar-refractivity contribution in [2.24, 2.45) is 0 Å². The molecule has 0 spiro atoms. The maximum absolute atomic E-state index is 12.8. The zero-order valence-electron chi connectivity index (χ0n) is 18.2. The van der Waals surface area contributed by atoms with Crippen molar-refractivity contribution in [3.63, 3.8) is 0 Å². The lowest BCUT2D eigenvalue weighted by molar-refractivity contribution is 0.414. The van der Waals surface area contributed by atoms with Crippen LogP contribution in [0.3, 0.4) is 0 Å². The summed E-state index contributed by atoms with van der Waals surface area (Å²) in [4.78, 5) is 12.1. The Morgan fingerprint density at radius 2 is 1.61 bits per heavy atom. The molecule has 33 heavy (non-hydrogen) atoms. The van der Waals surface area contributed by atoms with Gasteiger partial charge in [-0.15, -0.1) is 5.10 Å². The van der Waals surface area contributed by atoms with Crippen LogP contribution in [0.5, 0.6) is 11.6 Å². The van der Waals surface area contributed by atoms with E-state index < -0.39 is 10.1 Å². The van der Waals surface area contributed by atoms with Gasteiger partial charge in [0.2, 0.25) is 0 Å². The Hall–Kier alpha value is -3.92. The number of hydrogen-bond donors (Lipinski definition) is 0. The van der Waals surface area contributed by atoms with Gasteiger partial charge in [-0.05, 0) is 56.3 Å². The van der Waals surface area contributed by atoms with Gasteiger partial charge in [-0.25, -0.2) is 9.36 Å². The summed E-state index contributed by atoms with van der Waals surface area (Å²) in [6.07, 6.45) is 0. The van der Waals surface area contributed by atoms with Crippen LogP contribution in [0.2, 0.25) is 0 Å². The van der Waals surface area contributed by atoms with Crippen molar-refractivity contribution in [3.8, 4) is 28.7 Å². The summed E-state index contributed by atoms with van der Waals surface area (Å²) < 4.78 is 38.9. The average molecular weight is 467 g/mol. The van der Waals surface area contributed by atoms with Crippen LogP contribution in [-0.2, 0) is 10.1 Å². The van der Waals surface area contributed by atoms with Gasteiger partial charge in [-0.2, -0.15) is 13.5 Å². The Morgan fingerprint density at radius 1 is 0.909 bits per heavy atom. The van der Waals surface area contributed by atoms with Crippen molar-refractivity contribution in [2.45, 2.75) is 24.8 Å². The van der Waals surface area contributed by atoms with Gasteiger partial charge in [0.1, 0.15) is 16.3 Å². The highest BCUT2D eigenvalue weighted by Gasteiger charge is 2.22. The maximum atomic E-state index is 12.8. The molecule has 2 heterocycles. The van der Waals surface area contributed by atoms with Crippen LogP contribution in [0, 0.1) is 0 Å². The molecule has 0 amide bonds. The van der Waals surface area contributed by atoms with Crippen molar-refractivity contribution >= 4 is 10.1 Å². The first-order chi connectivity index (χ1) is 15.8. The number of benzene rings is 2. The predicted octanol–water partition coefficient (Wildman–Crippen LogP) is 3.45. The van der Waals surface area contributed by atoms with E-state index in [0.717, 1.165) is 0 Å². The summed E-state index contributed by atoms with van der Waals surface area (Å²) in [7, 11) is -2.65. The van der Waals surface area contributed by atoms with E-state index in [2.05, 4.69) is 10.2 Å². The number of ether oxygens (including phenoxy) is 1. The summed E-state index contributed by atoms with van der Waals surface area (Å²) in [6.45, 7) is 3.70. The van der Waals surface area contributed by atoms with Crippen molar-refractivity contribution in [2.75, 3.05) is 7.11 Å². The van der Waals surface area contributed by atoms with Crippen molar-refractivity contribution < 1.29 is 17.3 Å². The Balaban J connectivity index is 1.79. The highest BCUT2D eigenvalue weighted by Crippen LogP contribution is 2.28. The molecule has 0 bridgehead atoms. The number of methoxy groups -OCH3 is 1. The quantitative estimate of drug-likeness (QED) is 0.384. The van der Waals surface area contributed by atoms with Gasteiger partial charge in [0.15, 0.2) is 0 Å². The standard InChI is InChI=1S/C23H22N4O5S/c1-16(2)26-23(28)14-13-20(24-26)21-15-22(25-27(21)17-7-5-4-6-8-17)32-33(29,30)19-11-9-18(31-3)10-12-19/h4-16H,1-3H3. The van der Waals surface area contributed by atoms with Gasteiger partial charge in [0.25, 0.3) is 11.4 Å². The first kappa shape index (κ1) is 22.3. The second-order valence-electron chi connectivity index (χ2n) is 7.42. The monoisotopic (exact) mass is 466 g/mol. The van der Waals surface area contributed by atoms with Gasteiger partial charge in [-0.3, -0.25) is 4.79 Å². The molecule has 0 unspecified atom stereocenters. The van der Waals surface area contributed by atoms with E-state index in [1.165, 1.54) is 52.9 Å². The van der Waals surface area contributed by atoms with E-state index in [1.54, 1.807) is 6.07 Å². The fraction of sp³-hybridized carbons (Fsp3) is 0.174. The predicted molar refractivity (Wildman–Crippen MR) is 122 cm³/mol. The topological polar surface area (TPSA) is 105 Å². The fourth-order valence-electron chi connectivity index (χ4n) is 3.18. The Kier molecular flexibility index (Phi) is 6.01. The Morgan fingerprint density at radius 3 is 2.24 bits per heavy atom. The van der Waals surface area contributed by atoms with E-state index in [-0.39, 0.29) is 22.4 Å². The molecular weight excluding hydrogens is 444 g/mol. The maximum Gasteiger partial charge on any atom is 0.340 e. The molecule has 0 saturated carbocycles. The van der Waals surface area contributed by atoms with E-state index >= 15 is 0 Å². The van der Waals surface area contributed by atoms with E-state index in [4.69, 9.17) is 8.92 Å². The van der Waals surface area contributed by atoms with Crippen LogP contribution in [0.4, 0.5) is 0 Å². The molecule has 4 aromatic rings. The molecule has 0 N–H and O–H groups in total. The third-order valence-corrected chi connectivity index (χ3v) is 6.05. The lowest BCUT2D eigenvalue weighted by Gasteiger charge is -2.11.